The highest BCUT2D eigenvalue weighted by atomic mass is 16.5. The zero-order valence-electron chi connectivity index (χ0n) is 10.8. The van der Waals surface area contributed by atoms with Gasteiger partial charge in [0.15, 0.2) is 0 Å². The predicted octanol–water partition coefficient (Wildman–Crippen LogP) is 2.50. The first-order valence-corrected chi connectivity index (χ1v) is 6.98. The summed E-state index contributed by atoms with van der Waals surface area (Å²) in [4.78, 5) is 11.1. The van der Waals surface area contributed by atoms with Gasteiger partial charge in [0.25, 0.3) is 0 Å². The van der Waals surface area contributed by atoms with Crippen molar-refractivity contribution in [3.05, 3.63) is 29.8 Å². The molecule has 1 aliphatic carbocycles. The first-order valence-electron chi connectivity index (χ1n) is 6.98. The molecule has 0 spiro atoms. The van der Waals surface area contributed by atoms with Crippen LogP contribution in [0, 0.1) is 0 Å². The summed E-state index contributed by atoms with van der Waals surface area (Å²) in [5.41, 5.74) is 1.13. The smallest absolute Gasteiger partial charge is 0.320 e. The molecule has 1 aromatic rings. The monoisotopic (exact) mass is 261 g/mol. The van der Waals surface area contributed by atoms with Gasteiger partial charge in [0.1, 0.15) is 11.8 Å². The van der Waals surface area contributed by atoms with Crippen molar-refractivity contribution in [3.63, 3.8) is 0 Å². The predicted molar refractivity (Wildman–Crippen MR) is 71.2 cm³/mol. The van der Waals surface area contributed by atoms with Crippen molar-refractivity contribution >= 4 is 5.97 Å². The van der Waals surface area contributed by atoms with Crippen LogP contribution in [0.4, 0.5) is 0 Å². The zero-order valence-corrected chi connectivity index (χ0v) is 10.8. The van der Waals surface area contributed by atoms with Crippen LogP contribution in [-0.4, -0.2) is 23.2 Å². The van der Waals surface area contributed by atoms with Gasteiger partial charge < -0.3 is 9.84 Å². The number of ether oxygens (including phenoxy) is 1. The Balaban J connectivity index is 1.71. The number of carboxylic acids is 1. The second-order valence-electron chi connectivity index (χ2n) is 5.43. The second-order valence-corrected chi connectivity index (χ2v) is 5.43. The van der Waals surface area contributed by atoms with E-state index in [0.29, 0.717) is 12.5 Å². The Hall–Kier alpha value is -1.55. The minimum absolute atomic E-state index is 0.123. The minimum Gasteiger partial charge on any atom is -0.490 e. The number of piperidine rings is 1. The van der Waals surface area contributed by atoms with Gasteiger partial charge in [-0.2, -0.15) is 0 Å². The molecule has 4 nitrogen and oxygen atoms in total. The molecule has 0 aromatic heterocycles. The molecule has 3 rings (SSSR count). The second kappa shape index (κ2) is 5.21. The van der Waals surface area contributed by atoms with Crippen molar-refractivity contribution in [3.8, 4) is 5.75 Å². The van der Waals surface area contributed by atoms with Gasteiger partial charge in [-0.05, 0) is 49.8 Å². The third-order valence-electron chi connectivity index (χ3n) is 3.77. The molecule has 1 saturated carbocycles. The minimum atomic E-state index is -0.755. The molecule has 4 heteroatoms. The fourth-order valence-corrected chi connectivity index (χ4v) is 2.58. The Kier molecular flexibility index (Phi) is 3.42. The first-order chi connectivity index (χ1) is 9.22. The van der Waals surface area contributed by atoms with Gasteiger partial charge in [-0.25, -0.2) is 0 Å². The van der Waals surface area contributed by atoms with Crippen LogP contribution in [0.2, 0.25) is 0 Å². The van der Waals surface area contributed by atoms with Crippen LogP contribution in [0.5, 0.6) is 5.75 Å². The third kappa shape index (κ3) is 3.07. The van der Waals surface area contributed by atoms with Gasteiger partial charge in [0, 0.05) is 6.04 Å². The largest absolute Gasteiger partial charge is 0.490 e. The maximum Gasteiger partial charge on any atom is 0.320 e. The van der Waals surface area contributed by atoms with E-state index < -0.39 is 12.0 Å². The number of benzene rings is 1. The van der Waals surface area contributed by atoms with E-state index in [2.05, 4.69) is 5.32 Å². The van der Waals surface area contributed by atoms with E-state index in [0.717, 1.165) is 37.0 Å². The highest BCUT2D eigenvalue weighted by Gasteiger charge is 2.27. The first kappa shape index (κ1) is 12.5. The van der Waals surface area contributed by atoms with Crippen molar-refractivity contribution in [1.82, 2.24) is 5.32 Å². The molecular weight excluding hydrogens is 242 g/mol. The van der Waals surface area contributed by atoms with Gasteiger partial charge in [0.05, 0.1) is 6.10 Å². The summed E-state index contributed by atoms with van der Waals surface area (Å²) in [5, 5.41) is 12.3. The molecular formula is C15H19NO3. The number of nitrogens with one attached hydrogen (secondary N) is 1. The number of hydrogen-bond acceptors (Lipinski definition) is 3. The average Bonchev–Trinajstić information content (AvgIpc) is 3.23. The van der Waals surface area contributed by atoms with Gasteiger partial charge in [-0.1, -0.05) is 12.1 Å². The SMILES string of the molecule is O=C(O)C1CCCC(c2cccc(OC3CC3)c2)N1. The average molecular weight is 261 g/mol. The van der Waals surface area contributed by atoms with Crippen molar-refractivity contribution in [2.75, 3.05) is 0 Å². The molecule has 2 N–H and O–H groups in total. The van der Waals surface area contributed by atoms with Gasteiger partial charge in [0.2, 0.25) is 0 Å². The van der Waals surface area contributed by atoms with Crippen molar-refractivity contribution in [2.24, 2.45) is 0 Å². The molecule has 2 fully saturated rings. The molecule has 0 amide bonds. The highest BCUT2D eigenvalue weighted by Crippen LogP contribution is 2.31. The lowest BCUT2D eigenvalue weighted by Gasteiger charge is -2.29. The van der Waals surface area contributed by atoms with E-state index in [9.17, 15) is 4.79 Å². The van der Waals surface area contributed by atoms with Gasteiger partial charge in [-0.15, -0.1) is 0 Å². The summed E-state index contributed by atoms with van der Waals surface area (Å²) in [5.74, 6) is 0.148. The van der Waals surface area contributed by atoms with Crippen LogP contribution in [-0.2, 0) is 4.79 Å². The van der Waals surface area contributed by atoms with Crippen LogP contribution in [0.3, 0.4) is 0 Å². The summed E-state index contributed by atoms with van der Waals surface area (Å²) >= 11 is 0. The number of hydrogen-bond donors (Lipinski definition) is 2. The number of rotatable bonds is 4. The molecule has 19 heavy (non-hydrogen) atoms. The lowest BCUT2D eigenvalue weighted by Crippen LogP contribution is -2.42. The molecule has 1 heterocycles. The Morgan fingerprint density at radius 3 is 2.84 bits per heavy atom. The summed E-state index contributed by atoms with van der Waals surface area (Å²) in [6.07, 6.45) is 5.32. The Morgan fingerprint density at radius 1 is 1.26 bits per heavy atom. The van der Waals surface area contributed by atoms with Crippen molar-refractivity contribution < 1.29 is 14.6 Å². The molecule has 2 aliphatic rings. The number of carboxylic acid groups (broad SMARTS) is 1. The summed E-state index contributed by atoms with van der Waals surface area (Å²) < 4.78 is 5.79. The summed E-state index contributed by atoms with van der Waals surface area (Å²) in [7, 11) is 0. The van der Waals surface area contributed by atoms with E-state index in [-0.39, 0.29) is 6.04 Å². The van der Waals surface area contributed by atoms with Crippen LogP contribution in [0.15, 0.2) is 24.3 Å². The summed E-state index contributed by atoms with van der Waals surface area (Å²) in [6.45, 7) is 0. The highest BCUT2D eigenvalue weighted by molar-refractivity contribution is 5.73. The van der Waals surface area contributed by atoms with E-state index in [1.807, 2.05) is 24.3 Å². The van der Waals surface area contributed by atoms with Gasteiger partial charge in [-0.3, -0.25) is 10.1 Å². The van der Waals surface area contributed by atoms with E-state index >= 15 is 0 Å². The Bertz CT molecular complexity index is 470. The molecule has 1 aliphatic heterocycles. The fraction of sp³-hybridized carbons (Fsp3) is 0.533. The Morgan fingerprint density at radius 2 is 2.11 bits per heavy atom. The normalized spacial score (nSPS) is 26.9. The van der Waals surface area contributed by atoms with E-state index in [1.165, 1.54) is 0 Å². The standard InChI is InChI=1S/C15H19NO3/c17-15(18)14-6-2-5-13(16-14)10-3-1-4-12(9-10)19-11-7-8-11/h1,3-4,9,11,13-14,16H,2,5-8H2,(H,17,18). The molecule has 102 valence electrons. The summed E-state index contributed by atoms with van der Waals surface area (Å²) in [6, 6.07) is 7.74. The lowest BCUT2D eigenvalue weighted by atomic mass is 9.93. The lowest BCUT2D eigenvalue weighted by molar-refractivity contribution is -0.140. The molecule has 2 atom stereocenters. The van der Waals surface area contributed by atoms with E-state index in [1.54, 1.807) is 0 Å². The van der Waals surface area contributed by atoms with Crippen LogP contribution < -0.4 is 10.1 Å². The van der Waals surface area contributed by atoms with E-state index in [4.69, 9.17) is 9.84 Å². The van der Waals surface area contributed by atoms with Crippen molar-refractivity contribution in [1.29, 1.82) is 0 Å². The molecule has 0 radical (unpaired) electrons. The molecule has 1 saturated heterocycles. The van der Waals surface area contributed by atoms with Crippen LogP contribution >= 0.6 is 0 Å². The third-order valence-corrected chi connectivity index (χ3v) is 3.77. The number of aliphatic carboxylic acids is 1. The molecule has 0 bridgehead atoms. The van der Waals surface area contributed by atoms with Crippen LogP contribution in [0.25, 0.3) is 0 Å². The quantitative estimate of drug-likeness (QED) is 0.874. The molecule has 1 aromatic carbocycles. The topological polar surface area (TPSA) is 58.6 Å². The van der Waals surface area contributed by atoms with Crippen LogP contribution in [0.1, 0.15) is 43.7 Å². The Labute approximate surface area is 112 Å². The maximum absolute atomic E-state index is 11.1. The fourth-order valence-electron chi connectivity index (χ4n) is 2.58. The zero-order chi connectivity index (χ0) is 13.2. The van der Waals surface area contributed by atoms with Gasteiger partial charge >= 0.3 is 5.97 Å². The van der Waals surface area contributed by atoms with Crippen molar-refractivity contribution in [2.45, 2.75) is 50.3 Å². The maximum atomic E-state index is 11.1. The molecule has 2 unspecified atom stereocenters. The number of carbonyl (C=O) groups is 1.